The van der Waals surface area contributed by atoms with Crippen LogP contribution in [-0.4, -0.2) is 0 Å². The topological polar surface area (TPSA) is 21.3 Å². The average molecular weight is 423 g/mol. The highest BCUT2D eigenvalue weighted by molar-refractivity contribution is 14.1. The third kappa shape index (κ3) is 2.15. The van der Waals surface area contributed by atoms with Gasteiger partial charge in [0.1, 0.15) is 0 Å². The number of benzene rings is 4. The molecule has 0 amide bonds. The van der Waals surface area contributed by atoms with Gasteiger partial charge in [0, 0.05) is 14.5 Å². The smallest absolute Gasteiger partial charge is 0.196 e. The SMILES string of the molecule is Ic1ccc2c(ccc3ccc4c(c32)OC(c2ccccc2)N4)c1. The van der Waals surface area contributed by atoms with Crippen LogP contribution in [0, 0.1) is 3.57 Å². The number of nitrogens with one attached hydrogen (secondary N) is 1. The van der Waals surface area contributed by atoms with Crippen LogP contribution in [0.1, 0.15) is 11.8 Å². The summed E-state index contributed by atoms with van der Waals surface area (Å²) in [6.07, 6.45) is -0.133. The van der Waals surface area contributed by atoms with E-state index in [1.165, 1.54) is 25.1 Å². The van der Waals surface area contributed by atoms with E-state index < -0.39 is 0 Å². The molecule has 0 saturated heterocycles. The molecule has 0 bridgehead atoms. The Bertz CT molecular complexity index is 1080. The summed E-state index contributed by atoms with van der Waals surface area (Å²) in [6, 6.07) is 25.5. The zero-order valence-corrected chi connectivity index (χ0v) is 14.9. The summed E-state index contributed by atoms with van der Waals surface area (Å²) >= 11 is 2.36. The molecule has 0 aliphatic carbocycles. The molecule has 116 valence electrons. The molecule has 0 aromatic heterocycles. The highest BCUT2D eigenvalue weighted by Crippen LogP contribution is 2.45. The maximum absolute atomic E-state index is 6.33. The van der Waals surface area contributed by atoms with Crippen molar-refractivity contribution in [3.8, 4) is 5.75 Å². The third-order valence-electron chi connectivity index (χ3n) is 4.54. The van der Waals surface area contributed by atoms with Gasteiger partial charge in [0.25, 0.3) is 0 Å². The highest BCUT2D eigenvalue weighted by Gasteiger charge is 2.25. The molecule has 1 unspecified atom stereocenters. The predicted octanol–water partition coefficient (Wildman–Crippen LogP) is 6.10. The van der Waals surface area contributed by atoms with Crippen LogP contribution in [0.15, 0.2) is 72.8 Å². The minimum absolute atomic E-state index is 0.133. The fourth-order valence-corrected chi connectivity index (χ4v) is 3.91. The van der Waals surface area contributed by atoms with Crippen LogP contribution in [0.5, 0.6) is 5.75 Å². The van der Waals surface area contributed by atoms with Crippen molar-refractivity contribution in [2.75, 3.05) is 5.32 Å². The number of ether oxygens (including phenoxy) is 1. The first kappa shape index (κ1) is 14.1. The second-order valence-corrected chi connectivity index (χ2v) is 7.27. The molecule has 0 saturated carbocycles. The van der Waals surface area contributed by atoms with Crippen molar-refractivity contribution in [1.82, 2.24) is 0 Å². The van der Waals surface area contributed by atoms with Gasteiger partial charge >= 0.3 is 0 Å². The molecule has 0 fully saturated rings. The van der Waals surface area contributed by atoms with Crippen LogP contribution in [0.25, 0.3) is 21.5 Å². The van der Waals surface area contributed by atoms with Crippen molar-refractivity contribution < 1.29 is 4.74 Å². The lowest BCUT2D eigenvalue weighted by Crippen LogP contribution is -2.09. The van der Waals surface area contributed by atoms with Gasteiger partial charge in [-0.05, 0) is 56.9 Å². The first-order valence-corrected chi connectivity index (χ1v) is 9.00. The Balaban J connectivity index is 1.73. The highest BCUT2D eigenvalue weighted by atomic mass is 127. The molecule has 1 aliphatic rings. The summed E-state index contributed by atoms with van der Waals surface area (Å²) in [5, 5.41) is 8.37. The number of rotatable bonds is 1. The number of fused-ring (bicyclic) bond motifs is 5. The Labute approximate surface area is 153 Å². The fraction of sp³-hybridized carbons (Fsp3) is 0.0476. The van der Waals surface area contributed by atoms with Crippen molar-refractivity contribution in [2.45, 2.75) is 6.23 Å². The van der Waals surface area contributed by atoms with Crippen LogP contribution < -0.4 is 10.1 Å². The van der Waals surface area contributed by atoms with Crippen LogP contribution in [-0.2, 0) is 0 Å². The van der Waals surface area contributed by atoms with Crippen LogP contribution >= 0.6 is 22.6 Å². The van der Waals surface area contributed by atoms with Gasteiger partial charge in [-0.2, -0.15) is 0 Å². The van der Waals surface area contributed by atoms with Gasteiger partial charge < -0.3 is 10.1 Å². The monoisotopic (exact) mass is 423 g/mol. The fourth-order valence-electron chi connectivity index (χ4n) is 3.40. The lowest BCUT2D eigenvalue weighted by atomic mass is 10.0. The maximum atomic E-state index is 6.33. The van der Waals surface area contributed by atoms with E-state index in [1.807, 2.05) is 18.2 Å². The Morgan fingerprint density at radius 3 is 2.50 bits per heavy atom. The minimum atomic E-state index is -0.133. The molecule has 0 radical (unpaired) electrons. The van der Waals surface area contributed by atoms with Gasteiger partial charge in [0.2, 0.25) is 0 Å². The van der Waals surface area contributed by atoms with Crippen LogP contribution in [0.2, 0.25) is 0 Å². The molecular weight excluding hydrogens is 409 g/mol. The van der Waals surface area contributed by atoms with E-state index in [0.29, 0.717) is 0 Å². The molecule has 0 spiro atoms. The standard InChI is InChI=1S/C21H14INO/c22-16-9-10-17-15(12-16)7-6-13-8-11-18-20(19(13)17)24-21(23-18)14-4-2-1-3-5-14/h1-12,21,23H. The second-order valence-electron chi connectivity index (χ2n) is 6.02. The Morgan fingerprint density at radius 1 is 0.833 bits per heavy atom. The van der Waals surface area contributed by atoms with Crippen molar-refractivity contribution in [2.24, 2.45) is 0 Å². The lowest BCUT2D eigenvalue weighted by Gasteiger charge is -2.12. The molecular formula is C21H14INO. The summed E-state index contributed by atoms with van der Waals surface area (Å²) in [5.74, 6) is 0.952. The Kier molecular flexibility index (Phi) is 3.16. The van der Waals surface area contributed by atoms with Gasteiger partial charge in [-0.1, -0.05) is 54.6 Å². The molecule has 4 aromatic carbocycles. The number of halogens is 1. The number of hydrogen-bond donors (Lipinski definition) is 1. The van der Waals surface area contributed by atoms with E-state index in [0.717, 1.165) is 17.0 Å². The van der Waals surface area contributed by atoms with Gasteiger partial charge in [0.15, 0.2) is 12.0 Å². The van der Waals surface area contributed by atoms with E-state index in [4.69, 9.17) is 4.74 Å². The molecule has 1 heterocycles. The summed E-state index contributed by atoms with van der Waals surface area (Å²) in [5.41, 5.74) is 2.19. The van der Waals surface area contributed by atoms with Crippen molar-refractivity contribution in [3.05, 3.63) is 81.9 Å². The van der Waals surface area contributed by atoms with Crippen LogP contribution in [0.3, 0.4) is 0 Å². The zero-order valence-electron chi connectivity index (χ0n) is 12.8. The van der Waals surface area contributed by atoms with E-state index in [1.54, 1.807) is 0 Å². The molecule has 1 atom stereocenters. The summed E-state index contributed by atoms with van der Waals surface area (Å²) in [7, 11) is 0. The van der Waals surface area contributed by atoms with Gasteiger partial charge in [-0.25, -0.2) is 0 Å². The van der Waals surface area contributed by atoms with Gasteiger partial charge in [-0.3, -0.25) is 0 Å². The zero-order chi connectivity index (χ0) is 16.1. The first-order chi connectivity index (χ1) is 11.8. The van der Waals surface area contributed by atoms with Crippen molar-refractivity contribution in [3.63, 3.8) is 0 Å². The molecule has 1 aliphatic heterocycles. The first-order valence-electron chi connectivity index (χ1n) is 7.93. The Morgan fingerprint density at radius 2 is 1.62 bits per heavy atom. The maximum Gasteiger partial charge on any atom is 0.196 e. The predicted molar refractivity (Wildman–Crippen MR) is 108 cm³/mol. The minimum Gasteiger partial charge on any atom is -0.464 e. The average Bonchev–Trinajstić information content (AvgIpc) is 3.06. The molecule has 5 rings (SSSR count). The summed E-state index contributed by atoms with van der Waals surface area (Å²) in [4.78, 5) is 0. The largest absolute Gasteiger partial charge is 0.464 e. The van der Waals surface area contributed by atoms with E-state index >= 15 is 0 Å². The number of hydrogen-bond acceptors (Lipinski definition) is 2. The van der Waals surface area contributed by atoms with Gasteiger partial charge in [-0.15, -0.1) is 0 Å². The van der Waals surface area contributed by atoms with Crippen molar-refractivity contribution in [1.29, 1.82) is 0 Å². The lowest BCUT2D eigenvalue weighted by molar-refractivity contribution is 0.263. The second kappa shape index (κ2) is 5.38. The molecule has 2 nitrogen and oxygen atoms in total. The number of anilines is 1. The molecule has 1 N–H and O–H groups in total. The van der Waals surface area contributed by atoms with Crippen LogP contribution in [0.4, 0.5) is 5.69 Å². The van der Waals surface area contributed by atoms with Gasteiger partial charge in [0.05, 0.1) is 5.69 Å². The molecule has 3 heteroatoms. The van der Waals surface area contributed by atoms with E-state index in [9.17, 15) is 0 Å². The van der Waals surface area contributed by atoms with E-state index in [2.05, 4.69) is 82.5 Å². The normalized spacial score (nSPS) is 16.0. The quantitative estimate of drug-likeness (QED) is 0.295. The summed E-state index contributed by atoms with van der Waals surface area (Å²) < 4.78 is 7.58. The van der Waals surface area contributed by atoms with Crippen molar-refractivity contribution >= 4 is 49.8 Å². The summed E-state index contributed by atoms with van der Waals surface area (Å²) in [6.45, 7) is 0. The van der Waals surface area contributed by atoms with E-state index in [-0.39, 0.29) is 6.23 Å². The molecule has 24 heavy (non-hydrogen) atoms. The molecule has 4 aromatic rings. The third-order valence-corrected chi connectivity index (χ3v) is 5.21. The Hall–Kier alpha value is -2.27.